The minimum Gasteiger partial charge on any atom is -0.360 e. The SMILES string of the molecule is CCN(Cc1nc2ccccc2c(=O)[nH]1)S(=O)(=O)c1c(C)noc1C. The molecule has 1 aromatic carbocycles. The van der Waals surface area contributed by atoms with Gasteiger partial charge in [0.1, 0.15) is 16.4 Å². The zero-order chi connectivity index (χ0) is 18.2. The number of para-hydroxylation sites is 1. The first-order valence-corrected chi connectivity index (χ1v) is 9.19. The Balaban J connectivity index is 2.02. The molecule has 0 atom stereocenters. The van der Waals surface area contributed by atoms with Crippen molar-refractivity contribution in [1.29, 1.82) is 0 Å². The van der Waals surface area contributed by atoms with Gasteiger partial charge in [0.05, 0.1) is 17.4 Å². The van der Waals surface area contributed by atoms with Gasteiger partial charge in [-0.2, -0.15) is 4.31 Å². The normalized spacial score (nSPS) is 12.2. The van der Waals surface area contributed by atoms with Crippen molar-refractivity contribution in [2.75, 3.05) is 6.54 Å². The molecule has 0 fully saturated rings. The van der Waals surface area contributed by atoms with Crippen LogP contribution in [-0.2, 0) is 16.6 Å². The third-order valence-corrected chi connectivity index (χ3v) is 6.07. The third kappa shape index (κ3) is 3.08. The maximum absolute atomic E-state index is 12.9. The summed E-state index contributed by atoms with van der Waals surface area (Å²) >= 11 is 0. The molecule has 0 saturated heterocycles. The first-order valence-electron chi connectivity index (χ1n) is 7.75. The molecule has 3 rings (SSSR count). The summed E-state index contributed by atoms with van der Waals surface area (Å²) in [4.78, 5) is 19.2. The van der Waals surface area contributed by atoms with Crippen LogP contribution in [0.3, 0.4) is 0 Å². The van der Waals surface area contributed by atoms with E-state index in [0.717, 1.165) is 0 Å². The maximum Gasteiger partial charge on any atom is 0.258 e. The number of nitrogens with one attached hydrogen (secondary N) is 1. The Morgan fingerprint density at radius 2 is 1.96 bits per heavy atom. The first kappa shape index (κ1) is 17.3. The van der Waals surface area contributed by atoms with Crippen LogP contribution in [-0.4, -0.2) is 34.4 Å². The molecule has 25 heavy (non-hydrogen) atoms. The first-order chi connectivity index (χ1) is 11.8. The predicted molar refractivity (Wildman–Crippen MR) is 91.6 cm³/mol. The van der Waals surface area contributed by atoms with E-state index in [-0.39, 0.29) is 35.1 Å². The highest BCUT2D eigenvalue weighted by atomic mass is 32.2. The molecule has 8 nitrogen and oxygen atoms in total. The van der Waals surface area contributed by atoms with Gasteiger partial charge in [0.2, 0.25) is 10.0 Å². The van der Waals surface area contributed by atoms with Crippen molar-refractivity contribution >= 4 is 20.9 Å². The van der Waals surface area contributed by atoms with Crippen LogP contribution in [0, 0.1) is 13.8 Å². The van der Waals surface area contributed by atoms with E-state index in [1.54, 1.807) is 45.0 Å². The van der Waals surface area contributed by atoms with Gasteiger partial charge in [-0.1, -0.05) is 24.2 Å². The summed E-state index contributed by atoms with van der Waals surface area (Å²) < 4.78 is 32.1. The van der Waals surface area contributed by atoms with Gasteiger partial charge >= 0.3 is 0 Å². The number of aromatic nitrogens is 3. The van der Waals surface area contributed by atoms with Crippen molar-refractivity contribution in [3.63, 3.8) is 0 Å². The number of sulfonamides is 1. The van der Waals surface area contributed by atoms with E-state index in [1.807, 2.05) is 0 Å². The molecule has 9 heteroatoms. The van der Waals surface area contributed by atoms with E-state index in [2.05, 4.69) is 15.1 Å². The Morgan fingerprint density at radius 3 is 2.60 bits per heavy atom. The molecular weight excluding hydrogens is 344 g/mol. The minimum atomic E-state index is -3.82. The Morgan fingerprint density at radius 1 is 1.24 bits per heavy atom. The number of H-pyrrole nitrogens is 1. The van der Waals surface area contributed by atoms with Crippen LogP contribution in [0.4, 0.5) is 0 Å². The minimum absolute atomic E-state index is 0.0526. The fourth-order valence-corrected chi connectivity index (χ4v) is 4.42. The summed E-state index contributed by atoms with van der Waals surface area (Å²) in [5.41, 5.74) is 0.523. The largest absolute Gasteiger partial charge is 0.360 e. The number of benzene rings is 1. The lowest BCUT2D eigenvalue weighted by atomic mass is 10.2. The summed E-state index contributed by atoms with van der Waals surface area (Å²) in [7, 11) is -3.82. The zero-order valence-electron chi connectivity index (χ0n) is 14.1. The van der Waals surface area contributed by atoms with E-state index in [9.17, 15) is 13.2 Å². The number of hydrogen-bond donors (Lipinski definition) is 1. The highest BCUT2D eigenvalue weighted by molar-refractivity contribution is 7.89. The third-order valence-electron chi connectivity index (χ3n) is 3.91. The Kier molecular flexibility index (Phi) is 4.44. The second kappa shape index (κ2) is 6.41. The van der Waals surface area contributed by atoms with Gasteiger partial charge in [0.25, 0.3) is 5.56 Å². The van der Waals surface area contributed by atoms with Crippen LogP contribution in [0.1, 0.15) is 24.2 Å². The van der Waals surface area contributed by atoms with Crippen LogP contribution in [0.2, 0.25) is 0 Å². The average Bonchev–Trinajstić information content (AvgIpc) is 2.92. The highest BCUT2D eigenvalue weighted by Crippen LogP contribution is 2.24. The summed E-state index contributed by atoms with van der Waals surface area (Å²) in [6.45, 7) is 5.00. The topological polar surface area (TPSA) is 109 Å². The molecule has 0 spiro atoms. The Labute approximate surface area is 144 Å². The van der Waals surface area contributed by atoms with Crippen LogP contribution < -0.4 is 5.56 Å². The summed E-state index contributed by atoms with van der Waals surface area (Å²) in [6.07, 6.45) is 0. The fourth-order valence-electron chi connectivity index (χ4n) is 2.72. The summed E-state index contributed by atoms with van der Waals surface area (Å²) in [5, 5.41) is 4.17. The van der Waals surface area contributed by atoms with Crippen molar-refractivity contribution in [1.82, 2.24) is 19.4 Å². The van der Waals surface area contributed by atoms with Crippen LogP contribution >= 0.6 is 0 Å². The number of aromatic amines is 1. The van der Waals surface area contributed by atoms with Crippen LogP contribution in [0.15, 0.2) is 38.5 Å². The van der Waals surface area contributed by atoms with Crippen LogP contribution in [0.25, 0.3) is 10.9 Å². The molecule has 0 saturated carbocycles. The van der Waals surface area contributed by atoms with E-state index in [0.29, 0.717) is 16.6 Å². The van der Waals surface area contributed by atoms with Gasteiger partial charge in [-0.15, -0.1) is 0 Å². The lowest BCUT2D eigenvalue weighted by Gasteiger charge is -2.19. The standard InChI is InChI=1S/C16H18N4O4S/c1-4-20(25(22,23)15-10(2)19-24-11(15)3)9-14-17-13-8-6-5-7-12(13)16(21)18-14/h5-8H,4,9H2,1-3H3,(H,17,18,21). The van der Waals surface area contributed by atoms with Gasteiger partial charge < -0.3 is 9.51 Å². The molecule has 0 aliphatic rings. The molecule has 132 valence electrons. The lowest BCUT2D eigenvalue weighted by molar-refractivity contribution is 0.387. The second-order valence-corrected chi connectivity index (χ2v) is 7.49. The smallest absolute Gasteiger partial charge is 0.258 e. The molecule has 3 aromatic rings. The van der Waals surface area contributed by atoms with Gasteiger partial charge in [0.15, 0.2) is 5.76 Å². The van der Waals surface area contributed by atoms with E-state index in [4.69, 9.17) is 4.52 Å². The molecule has 2 heterocycles. The second-order valence-electron chi connectivity index (χ2n) is 5.61. The van der Waals surface area contributed by atoms with Crippen LogP contribution in [0.5, 0.6) is 0 Å². The lowest BCUT2D eigenvalue weighted by Crippen LogP contribution is -2.32. The molecule has 0 bridgehead atoms. The van der Waals surface area contributed by atoms with Crippen molar-refractivity contribution in [2.45, 2.75) is 32.2 Å². The summed E-state index contributed by atoms with van der Waals surface area (Å²) in [6, 6.07) is 6.91. The van der Waals surface area contributed by atoms with Gasteiger partial charge in [-0.05, 0) is 26.0 Å². The molecule has 0 aliphatic carbocycles. The number of rotatable bonds is 5. The average molecular weight is 362 g/mol. The summed E-state index contributed by atoms with van der Waals surface area (Å²) in [5.74, 6) is 0.511. The van der Waals surface area contributed by atoms with Gasteiger partial charge in [0, 0.05) is 6.54 Å². The number of aryl methyl sites for hydroxylation is 2. The fraction of sp³-hybridized carbons (Fsp3) is 0.312. The van der Waals surface area contributed by atoms with E-state index < -0.39 is 10.0 Å². The molecule has 0 unspecified atom stereocenters. The number of fused-ring (bicyclic) bond motifs is 1. The van der Waals surface area contributed by atoms with Crippen molar-refractivity contribution in [3.05, 3.63) is 51.9 Å². The number of hydrogen-bond acceptors (Lipinski definition) is 6. The molecule has 0 radical (unpaired) electrons. The number of nitrogens with zero attached hydrogens (tertiary/aromatic N) is 3. The van der Waals surface area contributed by atoms with Gasteiger partial charge in [-0.3, -0.25) is 4.79 Å². The molecule has 0 aliphatic heterocycles. The van der Waals surface area contributed by atoms with Gasteiger partial charge in [-0.25, -0.2) is 13.4 Å². The molecule has 2 aromatic heterocycles. The zero-order valence-corrected chi connectivity index (χ0v) is 14.9. The molecular formula is C16H18N4O4S. The monoisotopic (exact) mass is 362 g/mol. The quantitative estimate of drug-likeness (QED) is 0.740. The predicted octanol–water partition coefficient (Wildman–Crippen LogP) is 1.74. The van der Waals surface area contributed by atoms with E-state index >= 15 is 0 Å². The van der Waals surface area contributed by atoms with Crippen molar-refractivity contribution in [3.8, 4) is 0 Å². The van der Waals surface area contributed by atoms with Crippen molar-refractivity contribution in [2.24, 2.45) is 0 Å². The highest BCUT2D eigenvalue weighted by Gasteiger charge is 2.30. The molecule has 1 N–H and O–H groups in total. The van der Waals surface area contributed by atoms with E-state index in [1.165, 1.54) is 4.31 Å². The Bertz CT molecular complexity index is 1070. The van der Waals surface area contributed by atoms with Crippen molar-refractivity contribution < 1.29 is 12.9 Å². The Hall–Kier alpha value is -2.52. The maximum atomic E-state index is 12.9. The molecule has 0 amide bonds.